The van der Waals surface area contributed by atoms with Crippen molar-refractivity contribution in [2.75, 3.05) is 32.8 Å². The molecular formula is C25H49N7O11. The van der Waals surface area contributed by atoms with Crippen LogP contribution in [0.3, 0.4) is 0 Å². The number of nitrogens with one attached hydrogen (secondary N) is 3. The molecule has 0 spiro atoms. The number of nitrogens with two attached hydrogens (primary N) is 4. The highest BCUT2D eigenvalue weighted by atomic mass is 16.7. The summed E-state index contributed by atoms with van der Waals surface area (Å²) in [5, 5.41) is 72.1. The minimum Gasteiger partial charge on any atom is -0.394 e. The van der Waals surface area contributed by atoms with Gasteiger partial charge in [0, 0.05) is 31.7 Å². The lowest BCUT2D eigenvalue weighted by atomic mass is 9.83. The molecule has 0 aromatic rings. The summed E-state index contributed by atoms with van der Waals surface area (Å²) < 4.78 is 23.8. The zero-order chi connectivity index (χ0) is 31.4. The van der Waals surface area contributed by atoms with E-state index < -0.39 is 104 Å². The van der Waals surface area contributed by atoms with Gasteiger partial charge in [-0.25, -0.2) is 0 Å². The Morgan fingerprint density at radius 3 is 2.21 bits per heavy atom. The van der Waals surface area contributed by atoms with E-state index in [0.717, 1.165) is 0 Å². The largest absolute Gasteiger partial charge is 0.394 e. The van der Waals surface area contributed by atoms with Gasteiger partial charge in [-0.1, -0.05) is 0 Å². The van der Waals surface area contributed by atoms with Crippen molar-refractivity contribution in [2.24, 2.45) is 22.9 Å². The van der Waals surface area contributed by atoms with Crippen molar-refractivity contribution in [3.05, 3.63) is 0 Å². The minimum absolute atomic E-state index is 0.00525. The van der Waals surface area contributed by atoms with Crippen molar-refractivity contribution in [3.8, 4) is 0 Å². The number of hydrogen-bond donors (Lipinski definition) is 13. The summed E-state index contributed by atoms with van der Waals surface area (Å²) in [5.41, 5.74) is 23.7. The zero-order valence-electron chi connectivity index (χ0n) is 23.9. The number of aliphatic hydroxyl groups excluding tert-OH is 6. The second-order valence-corrected chi connectivity index (χ2v) is 11.8. The number of carbonyl (C=O) groups excluding carboxylic acids is 1. The fraction of sp³-hybridized carbons (Fsp3) is 0.960. The predicted molar refractivity (Wildman–Crippen MR) is 148 cm³/mol. The molecule has 4 rings (SSSR count). The zero-order valence-corrected chi connectivity index (χ0v) is 23.9. The van der Waals surface area contributed by atoms with Gasteiger partial charge in [0.15, 0.2) is 12.6 Å². The monoisotopic (exact) mass is 623 g/mol. The predicted octanol–water partition coefficient (Wildman–Crippen LogP) is -7.83. The summed E-state index contributed by atoms with van der Waals surface area (Å²) in [6, 6.07) is -3.49. The van der Waals surface area contributed by atoms with Gasteiger partial charge in [0.05, 0.1) is 36.9 Å². The molecule has 0 bridgehead atoms. The first kappa shape index (κ1) is 34.7. The Morgan fingerprint density at radius 1 is 0.930 bits per heavy atom. The van der Waals surface area contributed by atoms with Crippen LogP contribution in [0.2, 0.25) is 0 Å². The van der Waals surface area contributed by atoms with Crippen LogP contribution in [-0.4, -0.2) is 167 Å². The smallest absolute Gasteiger partial charge is 0.249 e. The lowest BCUT2D eigenvalue weighted by Gasteiger charge is -2.49. The Hall–Kier alpha value is -1.17. The number of hydrogen-bond acceptors (Lipinski definition) is 17. The third kappa shape index (κ3) is 7.98. The standard InChI is InChI=1S/C25H49N7O11/c26-2-1-13(34)23(39)32-11-3-10(28)21(20(38)22(11)43-25-19(37)17(29)18(36)16(8-33)41-25)42-24-12(31-9-6-30-7-9)4-14(35)15(5-27)40-24/h9-22,24-25,30-31,33-38H,1-8,26-29H2,(H,32,39)/t10-,11+,12+,13-,14-,15+,16+,17-,18+,19+,20-,21+,22-,24+,25+/m0/s1. The molecule has 1 aliphatic carbocycles. The molecule has 4 aliphatic rings. The van der Waals surface area contributed by atoms with Crippen LogP contribution in [0.5, 0.6) is 0 Å². The average molecular weight is 624 g/mol. The maximum absolute atomic E-state index is 12.7. The fourth-order valence-corrected chi connectivity index (χ4v) is 5.92. The summed E-state index contributed by atoms with van der Waals surface area (Å²) in [5.74, 6) is -0.776. The number of ether oxygens (including phenoxy) is 4. The molecule has 3 aliphatic heterocycles. The Kier molecular flexibility index (Phi) is 12.4. The quantitative estimate of drug-likeness (QED) is 0.0959. The van der Waals surface area contributed by atoms with Crippen LogP contribution in [0.1, 0.15) is 19.3 Å². The minimum atomic E-state index is -1.57. The Bertz CT molecular complexity index is 893. The lowest BCUT2D eigenvalue weighted by Crippen LogP contribution is -2.70. The van der Waals surface area contributed by atoms with Gasteiger partial charge in [-0.05, 0) is 25.8 Å². The van der Waals surface area contributed by atoms with Gasteiger partial charge < -0.3 is 88.5 Å². The van der Waals surface area contributed by atoms with E-state index in [0.29, 0.717) is 13.1 Å². The molecule has 0 aromatic carbocycles. The summed E-state index contributed by atoms with van der Waals surface area (Å²) in [4.78, 5) is 12.7. The third-order valence-electron chi connectivity index (χ3n) is 8.63. The summed E-state index contributed by atoms with van der Waals surface area (Å²) in [6.45, 7) is 0.878. The van der Waals surface area contributed by atoms with Crippen molar-refractivity contribution in [1.82, 2.24) is 16.0 Å². The van der Waals surface area contributed by atoms with Crippen molar-refractivity contribution < 1.29 is 54.4 Å². The van der Waals surface area contributed by atoms with E-state index >= 15 is 0 Å². The van der Waals surface area contributed by atoms with E-state index in [2.05, 4.69) is 16.0 Å². The first-order valence-corrected chi connectivity index (χ1v) is 14.8. The van der Waals surface area contributed by atoms with E-state index in [9.17, 15) is 35.4 Å². The summed E-state index contributed by atoms with van der Waals surface area (Å²) >= 11 is 0. The molecule has 3 heterocycles. The molecule has 0 radical (unpaired) electrons. The maximum Gasteiger partial charge on any atom is 0.249 e. The molecule has 1 amide bonds. The highest BCUT2D eigenvalue weighted by Gasteiger charge is 2.51. The number of carbonyl (C=O) groups is 1. The maximum atomic E-state index is 12.7. The van der Waals surface area contributed by atoms with Crippen LogP contribution in [-0.2, 0) is 23.7 Å². The fourth-order valence-electron chi connectivity index (χ4n) is 5.92. The van der Waals surface area contributed by atoms with E-state index in [1.807, 2.05) is 0 Å². The van der Waals surface area contributed by atoms with Gasteiger partial charge >= 0.3 is 0 Å². The van der Waals surface area contributed by atoms with Crippen LogP contribution in [0.25, 0.3) is 0 Å². The molecule has 17 N–H and O–H groups in total. The van der Waals surface area contributed by atoms with Crippen LogP contribution in [0.4, 0.5) is 0 Å². The van der Waals surface area contributed by atoms with Crippen molar-refractivity contribution >= 4 is 5.91 Å². The van der Waals surface area contributed by atoms with E-state index in [1.54, 1.807) is 0 Å². The Balaban J connectivity index is 1.55. The van der Waals surface area contributed by atoms with Gasteiger partial charge in [0.25, 0.3) is 0 Å². The van der Waals surface area contributed by atoms with E-state index in [1.165, 1.54) is 0 Å². The van der Waals surface area contributed by atoms with E-state index in [-0.39, 0.29) is 38.4 Å². The van der Waals surface area contributed by atoms with Crippen LogP contribution in [0.15, 0.2) is 0 Å². The molecule has 4 fully saturated rings. The Morgan fingerprint density at radius 2 is 1.60 bits per heavy atom. The van der Waals surface area contributed by atoms with Crippen molar-refractivity contribution in [2.45, 2.75) is 117 Å². The molecule has 0 unspecified atom stereocenters. The number of aliphatic hydroxyl groups is 6. The van der Waals surface area contributed by atoms with Crippen molar-refractivity contribution in [1.29, 1.82) is 0 Å². The molecule has 18 heteroatoms. The first-order chi connectivity index (χ1) is 20.5. The summed E-state index contributed by atoms with van der Waals surface area (Å²) in [7, 11) is 0. The van der Waals surface area contributed by atoms with Crippen LogP contribution < -0.4 is 38.9 Å². The molecule has 43 heavy (non-hydrogen) atoms. The second-order valence-electron chi connectivity index (χ2n) is 11.8. The molecule has 1 saturated carbocycles. The molecule has 0 aromatic heterocycles. The normalized spacial score (nSPS) is 44.9. The van der Waals surface area contributed by atoms with Crippen molar-refractivity contribution in [3.63, 3.8) is 0 Å². The van der Waals surface area contributed by atoms with Crippen LogP contribution in [0, 0.1) is 0 Å². The molecule has 3 saturated heterocycles. The van der Waals surface area contributed by atoms with Gasteiger partial charge in [-0.3, -0.25) is 4.79 Å². The number of rotatable bonds is 12. The average Bonchev–Trinajstić information content (AvgIpc) is 2.95. The number of amides is 1. The first-order valence-electron chi connectivity index (χ1n) is 14.8. The summed E-state index contributed by atoms with van der Waals surface area (Å²) in [6.07, 6.45) is -13.4. The Labute approximate surface area is 249 Å². The van der Waals surface area contributed by atoms with Gasteiger partial charge in [-0.2, -0.15) is 0 Å². The van der Waals surface area contributed by atoms with Gasteiger partial charge in [0.2, 0.25) is 5.91 Å². The highest BCUT2D eigenvalue weighted by molar-refractivity contribution is 5.80. The molecule has 18 nitrogen and oxygen atoms in total. The van der Waals surface area contributed by atoms with Gasteiger partial charge in [0.1, 0.15) is 42.7 Å². The molecule has 15 atom stereocenters. The van der Waals surface area contributed by atoms with E-state index in [4.69, 9.17) is 41.9 Å². The molecule has 250 valence electrons. The third-order valence-corrected chi connectivity index (χ3v) is 8.63. The lowest BCUT2D eigenvalue weighted by molar-refractivity contribution is -0.316. The second kappa shape index (κ2) is 15.4. The topological polar surface area (TPSA) is 316 Å². The highest BCUT2D eigenvalue weighted by Crippen LogP contribution is 2.32. The SMILES string of the molecule is NCC[C@H](O)C(=O)N[C@@H]1C[C@H](N)[C@@H](O[C@H]2O[C@H](CN)[C@@H](O)C[C@H]2NC2CNC2)[C@H](O)[C@H]1O[C@H]1O[C@H](CO)[C@@H](O)[C@H](N)[C@H]1O. The van der Waals surface area contributed by atoms with Crippen LogP contribution >= 0.6 is 0 Å². The molecular weight excluding hydrogens is 574 g/mol. The van der Waals surface area contributed by atoms with Gasteiger partial charge in [-0.15, -0.1) is 0 Å².